The van der Waals surface area contributed by atoms with Crippen LogP contribution in [0.5, 0.6) is 0 Å². The Morgan fingerprint density at radius 2 is 2.16 bits per heavy atom. The monoisotopic (exact) mass is 259 g/mol. The second kappa shape index (κ2) is 5.97. The van der Waals surface area contributed by atoms with E-state index in [0.29, 0.717) is 24.1 Å². The summed E-state index contributed by atoms with van der Waals surface area (Å²) in [6.45, 7) is 6.27. The number of aryl methyl sites for hydroxylation is 1. The Morgan fingerprint density at radius 3 is 2.84 bits per heavy atom. The molecule has 2 atom stereocenters. The minimum Gasteiger partial charge on any atom is -0.338 e. The van der Waals surface area contributed by atoms with Crippen molar-refractivity contribution in [3.63, 3.8) is 0 Å². The summed E-state index contributed by atoms with van der Waals surface area (Å²) in [5, 5.41) is 4.01. The molecule has 0 unspecified atom stereocenters. The fourth-order valence-electron chi connectivity index (χ4n) is 1.98. The van der Waals surface area contributed by atoms with Gasteiger partial charge in [-0.25, -0.2) is 0 Å². The Kier molecular flexibility index (Phi) is 4.32. The average Bonchev–Trinajstić information content (AvgIpc) is 2.85. The van der Waals surface area contributed by atoms with Crippen molar-refractivity contribution in [3.8, 4) is 0 Å². The van der Waals surface area contributed by atoms with E-state index >= 15 is 0 Å². The maximum Gasteiger partial charge on any atom is 0.243 e. The highest BCUT2D eigenvalue weighted by atomic mass is 16.5. The molecule has 0 bridgehead atoms. The predicted molar refractivity (Wildman–Crippen MR) is 74.7 cm³/mol. The Morgan fingerprint density at radius 1 is 1.37 bits per heavy atom. The van der Waals surface area contributed by atoms with Gasteiger partial charge in [0.1, 0.15) is 0 Å². The molecule has 19 heavy (non-hydrogen) atoms. The summed E-state index contributed by atoms with van der Waals surface area (Å²) in [7, 11) is 0. The van der Waals surface area contributed by atoms with Crippen molar-refractivity contribution in [2.45, 2.75) is 39.7 Å². The first-order valence-electron chi connectivity index (χ1n) is 6.73. The van der Waals surface area contributed by atoms with Gasteiger partial charge >= 0.3 is 0 Å². The maximum atomic E-state index is 6.08. The van der Waals surface area contributed by atoms with Crippen LogP contribution in [-0.4, -0.2) is 10.1 Å². The lowest BCUT2D eigenvalue weighted by molar-refractivity contribution is 0.310. The highest BCUT2D eigenvalue weighted by Gasteiger charge is 2.19. The Labute approximate surface area is 114 Å². The topological polar surface area (TPSA) is 64.9 Å². The Balaban J connectivity index is 2.09. The van der Waals surface area contributed by atoms with Crippen LogP contribution in [0.25, 0.3) is 0 Å². The van der Waals surface area contributed by atoms with Gasteiger partial charge in [-0.2, -0.15) is 4.98 Å². The molecule has 0 aliphatic heterocycles. The minimum atomic E-state index is -0.177. The van der Waals surface area contributed by atoms with Gasteiger partial charge in [0.25, 0.3) is 0 Å². The zero-order valence-electron chi connectivity index (χ0n) is 11.8. The van der Waals surface area contributed by atoms with Crippen LogP contribution in [0.15, 0.2) is 28.8 Å². The molecule has 0 spiro atoms. The standard InChI is InChI=1S/C15H21N3O/c1-4-11(3)14(16)15-17-13(18-19-15)9-12-7-5-6-10(2)8-12/h5-8,11,14H,4,9,16H2,1-3H3/t11-,14-/m0/s1. The molecule has 4 nitrogen and oxygen atoms in total. The summed E-state index contributed by atoms with van der Waals surface area (Å²) < 4.78 is 5.27. The van der Waals surface area contributed by atoms with Gasteiger partial charge in [0.2, 0.25) is 5.89 Å². The summed E-state index contributed by atoms with van der Waals surface area (Å²) in [5.41, 5.74) is 8.50. The van der Waals surface area contributed by atoms with Crippen molar-refractivity contribution >= 4 is 0 Å². The lowest BCUT2D eigenvalue weighted by Gasteiger charge is -2.12. The smallest absolute Gasteiger partial charge is 0.243 e. The van der Waals surface area contributed by atoms with E-state index in [0.717, 1.165) is 6.42 Å². The van der Waals surface area contributed by atoms with Gasteiger partial charge in [0.15, 0.2) is 5.82 Å². The van der Waals surface area contributed by atoms with Crippen LogP contribution in [0.2, 0.25) is 0 Å². The number of nitrogens with zero attached hydrogens (tertiary/aromatic N) is 2. The fraction of sp³-hybridized carbons (Fsp3) is 0.467. The molecule has 2 aromatic rings. The largest absolute Gasteiger partial charge is 0.338 e. The molecular weight excluding hydrogens is 238 g/mol. The van der Waals surface area contributed by atoms with E-state index in [1.807, 2.05) is 6.07 Å². The second-order valence-corrected chi connectivity index (χ2v) is 5.13. The van der Waals surface area contributed by atoms with E-state index in [4.69, 9.17) is 10.3 Å². The van der Waals surface area contributed by atoms with E-state index in [1.165, 1.54) is 11.1 Å². The summed E-state index contributed by atoms with van der Waals surface area (Å²) in [5.74, 6) is 1.57. The van der Waals surface area contributed by atoms with E-state index in [1.54, 1.807) is 0 Å². The van der Waals surface area contributed by atoms with Crippen LogP contribution in [-0.2, 0) is 6.42 Å². The van der Waals surface area contributed by atoms with Crippen LogP contribution in [0, 0.1) is 12.8 Å². The Bertz CT molecular complexity index is 536. The average molecular weight is 259 g/mol. The highest BCUT2D eigenvalue weighted by Crippen LogP contribution is 2.20. The van der Waals surface area contributed by atoms with E-state index in [2.05, 4.69) is 49.1 Å². The van der Waals surface area contributed by atoms with E-state index in [9.17, 15) is 0 Å². The second-order valence-electron chi connectivity index (χ2n) is 5.13. The SMILES string of the molecule is CC[C@H](C)[C@H](N)c1nc(Cc2cccc(C)c2)no1. The fourth-order valence-corrected chi connectivity index (χ4v) is 1.98. The van der Waals surface area contributed by atoms with Crippen molar-refractivity contribution in [1.82, 2.24) is 10.1 Å². The molecule has 0 saturated heterocycles. The van der Waals surface area contributed by atoms with Gasteiger partial charge in [0, 0.05) is 6.42 Å². The number of rotatable bonds is 5. The third-order valence-corrected chi connectivity index (χ3v) is 3.47. The lowest BCUT2D eigenvalue weighted by Crippen LogP contribution is -2.18. The molecular formula is C15H21N3O. The first-order chi connectivity index (χ1) is 9.10. The van der Waals surface area contributed by atoms with Crippen molar-refractivity contribution in [3.05, 3.63) is 47.1 Å². The normalized spacial score (nSPS) is 14.3. The molecule has 2 rings (SSSR count). The highest BCUT2D eigenvalue weighted by molar-refractivity contribution is 5.24. The zero-order valence-corrected chi connectivity index (χ0v) is 11.8. The molecule has 0 aliphatic carbocycles. The number of benzene rings is 1. The zero-order chi connectivity index (χ0) is 13.8. The van der Waals surface area contributed by atoms with Gasteiger partial charge < -0.3 is 10.3 Å². The molecule has 1 aromatic carbocycles. The summed E-state index contributed by atoms with van der Waals surface area (Å²) >= 11 is 0. The molecule has 1 heterocycles. The lowest BCUT2D eigenvalue weighted by atomic mass is 10.0. The van der Waals surface area contributed by atoms with Gasteiger partial charge in [-0.1, -0.05) is 55.3 Å². The van der Waals surface area contributed by atoms with Gasteiger partial charge in [-0.05, 0) is 18.4 Å². The van der Waals surface area contributed by atoms with Crippen molar-refractivity contribution in [2.75, 3.05) is 0 Å². The van der Waals surface area contributed by atoms with Crippen LogP contribution < -0.4 is 5.73 Å². The van der Waals surface area contributed by atoms with Crippen LogP contribution in [0.1, 0.15) is 49.2 Å². The van der Waals surface area contributed by atoms with Gasteiger partial charge in [-0.15, -0.1) is 0 Å². The van der Waals surface area contributed by atoms with Crippen molar-refractivity contribution < 1.29 is 4.52 Å². The van der Waals surface area contributed by atoms with Crippen LogP contribution in [0.3, 0.4) is 0 Å². The molecule has 2 N–H and O–H groups in total. The van der Waals surface area contributed by atoms with Gasteiger partial charge in [0.05, 0.1) is 6.04 Å². The Hall–Kier alpha value is -1.68. The number of hydrogen-bond donors (Lipinski definition) is 1. The third-order valence-electron chi connectivity index (χ3n) is 3.47. The maximum absolute atomic E-state index is 6.08. The third kappa shape index (κ3) is 3.41. The summed E-state index contributed by atoms with van der Waals surface area (Å²) in [4.78, 5) is 4.40. The molecule has 0 fully saturated rings. The number of nitrogens with two attached hydrogens (primary N) is 1. The predicted octanol–water partition coefficient (Wildman–Crippen LogP) is 3.01. The minimum absolute atomic E-state index is 0.177. The van der Waals surface area contributed by atoms with E-state index < -0.39 is 0 Å². The number of hydrogen-bond acceptors (Lipinski definition) is 4. The molecule has 0 amide bonds. The molecule has 102 valence electrons. The summed E-state index contributed by atoms with van der Waals surface area (Å²) in [6.07, 6.45) is 1.68. The molecule has 1 aromatic heterocycles. The molecule has 0 aliphatic rings. The number of aromatic nitrogens is 2. The van der Waals surface area contributed by atoms with Crippen molar-refractivity contribution in [1.29, 1.82) is 0 Å². The van der Waals surface area contributed by atoms with E-state index in [-0.39, 0.29) is 6.04 Å². The van der Waals surface area contributed by atoms with Crippen LogP contribution >= 0.6 is 0 Å². The first-order valence-corrected chi connectivity index (χ1v) is 6.73. The quantitative estimate of drug-likeness (QED) is 0.896. The molecule has 0 saturated carbocycles. The molecule has 0 radical (unpaired) electrons. The molecule has 4 heteroatoms. The first kappa shape index (κ1) is 13.7. The van der Waals surface area contributed by atoms with Gasteiger partial charge in [-0.3, -0.25) is 0 Å². The van der Waals surface area contributed by atoms with Crippen LogP contribution in [0.4, 0.5) is 0 Å². The van der Waals surface area contributed by atoms with Crippen molar-refractivity contribution in [2.24, 2.45) is 11.7 Å². The summed E-state index contributed by atoms with van der Waals surface area (Å²) in [6, 6.07) is 8.13.